The number of benzene rings is 2. The van der Waals surface area contributed by atoms with E-state index >= 15 is 0 Å². The third-order valence-corrected chi connectivity index (χ3v) is 5.26. The summed E-state index contributed by atoms with van der Waals surface area (Å²) in [4.78, 5) is 14.5. The van der Waals surface area contributed by atoms with Gasteiger partial charge < -0.3 is 20.1 Å². The topological polar surface area (TPSA) is 64.8 Å². The molecule has 1 heterocycles. The highest BCUT2D eigenvalue weighted by Gasteiger charge is 2.43. The van der Waals surface area contributed by atoms with Gasteiger partial charge in [0.05, 0.1) is 13.2 Å². The fraction of sp³-hybridized carbons (Fsp3) is 0.381. The summed E-state index contributed by atoms with van der Waals surface area (Å²) in [7, 11) is 1.62. The highest BCUT2D eigenvalue weighted by atomic mass is 19.1. The summed E-state index contributed by atoms with van der Waals surface area (Å²) in [5.74, 6) is 0.448. The largest absolute Gasteiger partial charge is 0.497 e. The first-order valence-corrected chi connectivity index (χ1v) is 9.09. The molecule has 1 aliphatic heterocycles. The van der Waals surface area contributed by atoms with Gasteiger partial charge in [-0.1, -0.05) is 24.3 Å². The number of hydrogen-bond acceptors (Lipinski definition) is 4. The standard InChI is InChI=1S/C21H25FN2O3/c1-15(16-3-9-19(26-2)10-4-16)24-14-12-21(11-13-23,27-20(24)25)17-5-7-18(22)8-6-17/h3-10,15H,11-14,23H2,1-2H3/t15-,21+/m0/s1. The van der Waals surface area contributed by atoms with Crippen LogP contribution >= 0.6 is 0 Å². The maximum absolute atomic E-state index is 13.3. The lowest BCUT2D eigenvalue weighted by atomic mass is 9.85. The summed E-state index contributed by atoms with van der Waals surface area (Å²) in [6, 6.07) is 13.6. The van der Waals surface area contributed by atoms with Gasteiger partial charge in [0.25, 0.3) is 0 Å². The van der Waals surface area contributed by atoms with Crippen LogP contribution in [0.2, 0.25) is 0 Å². The second kappa shape index (κ2) is 7.96. The number of amides is 1. The molecular formula is C21H25FN2O3. The molecule has 2 N–H and O–H groups in total. The van der Waals surface area contributed by atoms with Crippen molar-refractivity contribution >= 4 is 6.09 Å². The number of cyclic esters (lactones) is 1. The molecule has 0 bridgehead atoms. The molecule has 0 unspecified atom stereocenters. The number of halogens is 1. The Balaban J connectivity index is 1.79. The van der Waals surface area contributed by atoms with Crippen LogP contribution in [0.25, 0.3) is 0 Å². The van der Waals surface area contributed by atoms with Gasteiger partial charge >= 0.3 is 6.09 Å². The molecule has 6 heteroatoms. The maximum Gasteiger partial charge on any atom is 0.411 e. The molecule has 0 saturated carbocycles. The second-order valence-corrected chi connectivity index (χ2v) is 6.80. The summed E-state index contributed by atoms with van der Waals surface area (Å²) in [6.07, 6.45) is 0.708. The third-order valence-electron chi connectivity index (χ3n) is 5.26. The van der Waals surface area contributed by atoms with Gasteiger partial charge in [0.1, 0.15) is 17.2 Å². The van der Waals surface area contributed by atoms with Gasteiger partial charge in [0.2, 0.25) is 0 Å². The lowest BCUT2D eigenvalue weighted by molar-refractivity contribution is -0.0640. The highest BCUT2D eigenvalue weighted by molar-refractivity contribution is 5.70. The fourth-order valence-electron chi connectivity index (χ4n) is 3.59. The van der Waals surface area contributed by atoms with Crippen LogP contribution in [0.5, 0.6) is 5.75 Å². The zero-order valence-electron chi connectivity index (χ0n) is 15.7. The predicted octanol–water partition coefficient (Wildman–Crippen LogP) is 3.98. The number of hydrogen-bond donors (Lipinski definition) is 1. The van der Waals surface area contributed by atoms with Crippen molar-refractivity contribution in [3.05, 3.63) is 65.5 Å². The van der Waals surface area contributed by atoms with E-state index in [0.717, 1.165) is 16.9 Å². The summed E-state index contributed by atoms with van der Waals surface area (Å²) in [6.45, 7) is 2.87. The molecule has 2 aromatic rings. The Morgan fingerprint density at radius 3 is 2.44 bits per heavy atom. The number of carbonyl (C=O) groups excluding carboxylic acids is 1. The Hall–Kier alpha value is -2.60. The van der Waals surface area contributed by atoms with E-state index in [1.807, 2.05) is 31.2 Å². The Bertz CT molecular complexity index is 779. The predicted molar refractivity (Wildman–Crippen MR) is 101 cm³/mol. The minimum atomic E-state index is -0.810. The van der Waals surface area contributed by atoms with Crippen LogP contribution in [-0.2, 0) is 10.3 Å². The molecular weight excluding hydrogens is 347 g/mol. The molecule has 3 rings (SSSR count). The SMILES string of the molecule is COc1ccc([C@H](C)N2CC[C@](CCN)(c3ccc(F)cc3)OC2=O)cc1. The van der Waals surface area contributed by atoms with Crippen molar-refractivity contribution in [2.45, 2.75) is 31.4 Å². The van der Waals surface area contributed by atoms with Gasteiger partial charge in [-0.15, -0.1) is 0 Å². The minimum absolute atomic E-state index is 0.132. The van der Waals surface area contributed by atoms with E-state index in [0.29, 0.717) is 25.9 Å². The highest BCUT2D eigenvalue weighted by Crippen LogP contribution is 2.39. The third kappa shape index (κ3) is 3.90. The van der Waals surface area contributed by atoms with E-state index in [-0.39, 0.29) is 18.0 Å². The number of nitrogens with zero attached hydrogens (tertiary/aromatic N) is 1. The van der Waals surface area contributed by atoms with Crippen LogP contribution in [0, 0.1) is 5.82 Å². The molecule has 2 atom stereocenters. The quantitative estimate of drug-likeness (QED) is 0.833. The first-order chi connectivity index (χ1) is 13.0. The molecule has 0 aromatic heterocycles. The first kappa shape index (κ1) is 19.2. The average molecular weight is 372 g/mol. The summed E-state index contributed by atoms with van der Waals surface area (Å²) >= 11 is 0. The van der Waals surface area contributed by atoms with Crippen molar-refractivity contribution in [3.63, 3.8) is 0 Å². The smallest absolute Gasteiger partial charge is 0.411 e. The molecule has 1 amide bonds. The van der Waals surface area contributed by atoms with Crippen LogP contribution in [0.1, 0.15) is 36.9 Å². The Morgan fingerprint density at radius 1 is 1.22 bits per heavy atom. The minimum Gasteiger partial charge on any atom is -0.497 e. The zero-order chi connectivity index (χ0) is 19.4. The van der Waals surface area contributed by atoms with E-state index in [9.17, 15) is 9.18 Å². The number of carbonyl (C=O) groups is 1. The van der Waals surface area contributed by atoms with Crippen molar-refractivity contribution in [3.8, 4) is 5.75 Å². The van der Waals surface area contributed by atoms with E-state index in [1.54, 1.807) is 24.1 Å². The van der Waals surface area contributed by atoms with Crippen molar-refractivity contribution in [1.29, 1.82) is 0 Å². The molecule has 0 radical (unpaired) electrons. The van der Waals surface area contributed by atoms with Crippen LogP contribution < -0.4 is 10.5 Å². The van der Waals surface area contributed by atoms with Crippen molar-refractivity contribution in [2.24, 2.45) is 5.73 Å². The van der Waals surface area contributed by atoms with Gasteiger partial charge in [0.15, 0.2) is 0 Å². The summed E-state index contributed by atoms with van der Waals surface area (Å²) in [5.41, 5.74) is 6.75. The first-order valence-electron chi connectivity index (χ1n) is 9.09. The Kier molecular flexibility index (Phi) is 5.65. The van der Waals surface area contributed by atoms with Crippen LogP contribution in [0.4, 0.5) is 9.18 Å². The number of nitrogens with two attached hydrogens (primary N) is 1. The van der Waals surface area contributed by atoms with E-state index in [4.69, 9.17) is 15.2 Å². The van der Waals surface area contributed by atoms with Gasteiger partial charge in [-0.2, -0.15) is 0 Å². The summed E-state index contributed by atoms with van der Waals surface area (Å²) < 4.78 is 24.4. The average Bonchev–Trinajstić information content (AvgIpc) is 2.68. The Morgan fingerprint density at radius 2 is 1.89 bits per heavy atom. The van der Waals surface area contributed by atoms with Crippen molar-refractivity contribution in [2.75, 3.05) is 20.2 Å². The van der Waals surface area contributed by atoms with Gasteiger partial charge in [-0.3, -0.25) is 0 Å². The number of methoxy groups -OCH3 is 1. The van der Waals surface area contributed by atoms with Crippen LogP contribution in [-0.4, -0.2) is 31.2 Å². The number of ether oxygens (including phenoxy) is 2. The lowest BCUT2D eigenvalue weighted by Crippen LogP contribution is -2.49. The maximum atomic E-state index is 13.3. The van der Waals surface area contributed by atoms with Gasteiger partial charge in [-0.25, -0.2) is 9.18 Å². The molecule has 0 aliphatic carbocycles. The van der Waals surface area contributed by atoms with Crippen molar-refractivity contribution < 1.29 is 18.7 Å². The van der Waals surface area contributed by atoms with Gasteiger partial charge in [0, 0.05) is 19.4 Å². The molecule has 2 aromatic carbocycles. The second-order valence-electron chi connectivity index (χ2n) is 6.80. The van der Waals surface area contributed by atoms with Crippen LogP contribution in [0.15, 0.2) is 48.5 Å². The monoisotopic (exact) mass is 372 g/mol. The zero-order valence-corrected chi connectivity index (χ0v) is 15.7. The summed E-state index contributed by atoms with van der Waals surface area (Å²) in [5, 5.41) is 0. The molecule has 1 saturated heterocycles. The molecule has 144 valence electrons. The fourth-order valence-corrected chi connectivity index (χ4v) is 3.59. The molecule has 27 heavy (non-hydrogen) atoms. The van der Waals surface area contributed by atoms with E-state index in [1.165, 1.54) is 12.1 Å². The number of rotatable bonds is 6. The van der Waals surface area contributed by atoms with Crippen molar-refractivity contribution in [1.82, 2.24) is 4.90 Å². The molecule has 0 spiro atoms. The van der Waals surface area contributed by atoms with E-state index < -0.39 is 5.60 Å². The molecule has 1 aliphatic rings. The lowest BCUT2D eigenvalue weighted by Gasteiger charge is -2.43. The molecule has 5 nitrogen and oxygen atoms in total. The normalized spacial score (nSPS) is 20.9. The Labute approximate surface area is 158 Å². The molecule has 1 fully saturated rings. The van der Waals surface area contributed by atoms with Gasteiger partial charge in [-0.05, 0) is 48.9 Å². The van der Waals surface area contributed by atoms with E-state index in [2.05, 4.69) is 0 Å². The van der Waals surface area contributed by atoms with Crippen LogP contribution in [0.3, 0.4) is 0 Å².